The number of carbonyl (C=O) groups is 2. The van der Waals surface area contributed by atoms with Crippen molar-refractivity contribution < 1.29 is 22.4 Å². The summed E-state index contributed by atoms with van der Waals surface area (Å²) in [5, 5.41) is 5.24. The molecule has 0 aliphatic carbocycles. The molecule has 1 aliphatic heterocycles. The smallest absolute Gasteiger partial charge is 0.319 e. The molecule has 1 saturated heterocycles. The molecule has 0 saturated carbocycles. The van der Waals surface area contributed by atoms with E-state index in [9.17, 15) is 22.4 Å². The van der Waals surface area contributed by atoms with E-state index >= 15 is 0 Å². The van der Waals surface area contributed by atoms with Gasteiger partial charge in [0.15, 0.2) is 9.84 Å². The largest absolute Gasteiger partial charge is 0.326 e. The Hall–Kier alpha value is -3.43. The van der Waals surface area contributed by atoms with Crippen LogP contribution in [0.1, 0.15) is 31.7 Å². The number of carbonyl (C=O) groups excluding carboxylic acids is 2. The molecule has 7 nitrogen and oxygen atoms in total. The molecule has 3 aromatic rings. The topological polar surface area (TPSA) is 95.6 Å². The normalized spacial score (nSPS) is 15.8. The van der Waals surface area contributed by atoms with Gasteiger partial charge in [-0.25, -0.2) is 17.6 Å². The fourth-order valence-corrected chi connectivity index (χ4v) is 5.49. The number of benzene rings is 3. The van der Waals surface area contributed by atoms with Crippen molar-refractivity contribution in [2.45, 2.75) is 37.1 Å². The molecule has 194 valence electrons. The molecule has 1 heterocycles. The zero-order valence-corrected chi connectivity index (χ0v) is 22.2. The number of sulfone groups is 1. The number of halogens is 2. The number of amides is 3. The predicted octanol–water partition coefficient (Wildman–Crippen LogP) is 5.60. The quantitative estimate of drug-likeness (QED) is 0.423. The second-order valence-corrected chi connectivity index (χ2v) is 11.7. The minimum absolute atomic E-state index is 0.0383. The highest BCUT2D eigenvalue weighted by atomic mass is 35.5. The molecular formula is C27H27ClFN3O4S. The summed E-state index contributed by atoms with van der Waals surface area (Å²) in [6.07, 6.45) is 1.56. The third kappa shape index (κ3) is 5.78. The van der Waals surface area contributed by atoms with Crippen LogP contribution in [0.15, 0.2) is 65.6 Å². The van der Waals surface area contributed by atoms with Crippen LogP contribution in [0, 0.1) is 5.82 Å². The average molecular weight is 544 g/mol. The van der Waals surface area contributed by atoms with Gasteiger partial charge in [0.05, 0.1) is 10.6 Å². The van der Waals surface area contributed by atoms with Gasteiger partial charge in [-0.05, 0) is 59.9 Å². The van der Waals surface area contributed by atoms with Crippen LogP contribution in [0.25, 0.3) is 11.1 Å². The first-order chi connectivity index (χ1) is 17.5. The molecular weight excluding hydrogens is 517 g/mol. The second kappa shape index (κ2) is 10.5. The predicted molar refractivity (Wildman–Crippen MR) is 143 cm³/mol. The summed E-state index contributed by atoms with van der Waals surface area (Å²) in [4.78, 5) is 27.5. The first-order valence-corrected chi connectivity index (χ1v) is 14.0. The molecule has 0 spiro atoms. The third-order valence-corrected chi connectivity index (χ3v) is 7.62. The van der Waals surface area contributed by atoms with Crippen LogP contribution in [0.4, 0.5) is 20.6 Å². The fraction of sp³-hybridized carbons (Fsp3) is 0.259. The van der Waals surface area contributed by atoms with Gasteiger partial charge in [-0.3, -0.25) is 4.79 Å². The zero-order valence-electron chi connectivity index (χ0n) is 20.6. The van der Waals surface area contributed by atoms with Crippen molar-refractivity contribution >= 4 is 44.8 Å². The number of urea groups is 1. The maximum atomic E-state index is 14.0. The Labute approximate surface area is 220 Å². The van der Waals surface area contributed by atoms with E-state index in [1.54, 1.807) is 35.2 Å². The van der Waals surface area contributed by atoms with Crippen LogP contribution in [0.2, 0.25) is 5.02 Å². The van der Waals surface area contributed by atoms with Gasteiger partial charge < -0.3 is 15.5 Å². The Morgan fingerprint density at radius 1 is 1.11 bits per heavy atom. The van der Waals surface area contributed by atoms with Crippen LogP contribution in [-0.2, 0) is 14.6 Å². The van der Waals surface area contributed by atoms with E-state index in [-0.39, 0.29) is 27.4 Å². The Balaban J connectivity index is 1.56. The van der Waals surface area contributed by atoms with Crippen LogP contribution in [0.3, 0.4) is 0 Å². The number of anilines is 2. The van der Waals surface area contributed by atoms with Crippen molar-refractivity contribution in [1.29, 1.82) is 0 Å². The van der Waals surface area contributed by atoms with E-state index in [0.717, 1.165) is 17.2 Å². The van der Waals surface area contributed by atoms with Gasteiger partial charge in [-0.2, -0.15) is 0 Å². The molecule has 0 bridgehead atoms. The van der Waals surface area contributed by atoms with Crippen molar-refractivity contribution in [2.24, 2.45) is 0 Å². The maximum absolute atomic E-state index is 14.0. The van der Waals surface area contributed by atoms with E-state index in [1.165, 1.54) is 18.4 Å². The minimum atomic E-state index is -3.44. The molecule has 1 atom stereocenters. The third-order valence-electron chi connectivity index (χ3n) is 6.23. The summed E-state index contributed by atoms with van der Waals surface area (Å²) in [5.41, 5.74) is 2.86. The van der Waals surface area contributed by atoms with E-state index < -0.39 is 27.7 Å². The standard InChI is InChI=1S/C27H27ClFN3O4S/c1-16(2)20-14-17(19-6-4-5-7-25(19)37(3,35)36)8-11-24(20)32-13-12-23(26(32)33)31-27(34)30-22-10-9-18(28)15-21(22)29/h4-11,14-16,23H,12-13H2,1-3H3,(H2,30,31,34)/t23-/m1/s1. The number of hydrogen-bond acceptors (Lipinski definition) is 4. The molecule has 4 rings (SSSR count). The first-order valence-electron chi connectivity index (χ1n) is 11.7. The van der Waals surface area contributed by atoms with Crippen molar-refractivity contribution in [2.75, 3.05) is 23.0 Å². The van der Waals surface area contributed by atoms with Crippen LogP contribution >= 0.6 is 11.6 Å². The van der Waals surface area contributed by atoms with Gasteiger partial charge in [0.25, 0.3) is 0 Å². The van der Waals surface area contributed by atoms with E-state index in [4.69, 9.17) is 11.6 Å². The van der Waals surface area contributed by atoms with Crippen molar-refractivity contribution in [3.63, 3.8) is 0 Å². The minimum Gasteiger partial charge on any atom is -0.326 e. The van der Waals surface area contributed by atoms with Gasteiger partial charge in [0, 0.05) is 29.1 Å². The lowest BCUT2D eigenvalue weighted by Crippen LogP contribution is -2.43. The highest BCUT2D eigenvalue weighted by Gasteiger charge is 2.35. The summed E-state index contributed by atoms with van der Waals surface area (Å²) in [6, 6.07) is 14.8. The molecule has 3 aromatic carbocycles. The van der Waals surface area contributed by atoms with Gasteiger partial charge in [0.1, 0.15) is 11.9 Å². The Morgan fingerprint density at radius 2 is 1.84 bits per heavy atom. The van der Waals surface area contributed by atoms with Crippen LogP contribution < -0.4 is 15.5 Å². The first kappa shape index (κ1) is 26.6. The number of nitrogens with zero attached hydrogens (tertiary/aromatic N) is 1. The van der Waals surface area contributed by atoms with E-state index in [1.807, 2.05) is 26.0 Å². The molecule has 2 N–H and O–H groups in total. The highest BCUT2D eigenvalue weighted by Crippen LogP contribution is 2.36. The molecule has 0 aromatic heterocycles. The Bertz CT molecular complexity index is 1480. The lowest BCUT2D eigenvalue weighted by atomic mass is 9.95. The van der Waals surface area contributed by atoms with Crippen molar-refractivity contribution in [3.05, 3.63) is 77.1 Å². The average Bonchev–Trinajstić information content (AvgIpc) is 3.19. The molecule has 1 fully saturated rings. The monoisotopic (exact) mass is 543 g/mol. The van der Waals surface area contributed by atoms with Crippen molar-refractivity contribution in [1.82, 2.24) is 5.32 Å². The second-order valence-electron chi connectivity index (χ2n) is 9.25. The molecule has 3 amide bonds. The van der Waals surface area contributed by atoms with Gasteiger partial charge in [0.2, 0.25) is 5.91 Å². The summed E-state index contributed by atoms with van der Waals surface area (Å²) >= 11 is 5.75. The van der Waals surface area contributed by atoms with E-state index in [0.29, 0.717) is 24.2 Å². The summed E-state index contributed by atoms with van der Waals surface area (Å²) in [5.74, 6) is -0.921. The molecule has 10 heteroatoms. The molecule has 1 aliphatic rings. The summed E-state index contributed by atoms with van der Waals surface area (Å²) < 4.78 is 38.7. The summed E-state index contributed by atoms with van der Waals surface area (Å²) in [7, 11) is -3.44. The number of rotatable bonds is 6. The van der Waals surface area contributed by atoms with Gasteiger partial charge in [-0.15, -0.1) is 0 Å². The number of hydrogen-bond donors (Lipinski definition) is 2. The molecule has 0 unspecified atom stereocenters. The Morgan fingerprint density at radius 3 is 2.51 bits per heavy atom. The van der Waals surface area contributed by atoms with Crippen molar-refractivity contribution in [3.8, 4) is 11.1 Å². The van der Waals surface area contributed by atoms with Crippen LogP contribution in [0.5, 0.6) is 0 Å². The van der Waals surface area contributed by atoms with Gasteiger partial charge >= 0.3 is 6.03 Å². The molecule has 0 radical (unpaired) electrons. The lowest BCUT2D eigenvalue weighted by molar-refractivity contribution is -0.118. The molecule has 37 heavy (non-hydrogen) atoms. The highest BCUT2D eigenvalue weighted by molar-refractivity contribution is 7.90. The Kier molecular flexibility index (Phi) is 7.57. The maximum Gasteiger partial charge on any atom is 0.319 e. The number of nitrogens with one attached hydrogen (secondary N) is 2. The SMILES string of the molecule is CC(C)c1cc(-c2ccccc2S(C)(=O)=O)ccc1N1CC[C@@H](NC(=O)Nc2ccc(Cl)cc2F)C1=O. The summed E-state index contributed by atoms with van der Waals surface area (Å²) in [6.45, 7) is 4.38. The zero-order chi connectivity index (χ0) is 26.9. The fourth-order valence-electron chi connectivity index (χ4n) is 4.42. The lowest BCUT2D eigenvalue weighted by Gasteiger charge is -2.23. The van der Waals surface area contributed by atoms with E-state index in [2.05, 4.69) is 10.6 Å². The van der Waals surface area contributed by atoms with Gasteiger partial charge in [-0.1, -0.05) is 49.7 Å². The van der Waals surface area contributed by atoms with Crippen LogP contribution in [-0.4, -0.2) is 39.2 Å².